The number of anilines is 1. The molecule has 0 bridgehead atoms. The highest BCUT2D eigenvalue weighted by Gasteiger charge is 2.21. The minimum atomic E-state index is 0.464. The second kappa shape index (κ2) is 5.67. The molecular weight excluding hydrogens is 248 g/mol. The number of H-pyrrole nitrogens is 1. The lowest BCUT2D eigenvalue weighted by Gasteiger charge is -2.31. The van der Waals surface area contributed by atoms with Crippen LogP contribution >= 0.6 is 0 Å². The van der Waals surface area contributed by atoms with Gasteiger partial charge in [-0.25, -0.2) is 4.98 Å². The Labute approximate surface area is 120 Å². The lowest BCUT2D eigenvalue weighted by molar-refractivity contribution is 0.466. The highest BCUT2D eigenvalue weighted by Crippen LogP contribution is 2.18. The fourth-order valence-corrected chi connectivity index (χ4v) is 2.87. The number of nitrogens with zero attached hydrogens (tertiary/aromatic N) is 2. The van der Waals surface area contributed by atoms with Gasteiger partial charge >= 0.3 is 0 Å². The van der Waals surface area contributed by atoms with Gasteiger partial charge in [-0.05, 0) is 31.5 Å². The van der Waals surface area contributed by atoms with Crippen LogP contribution in [0.1, 0.15) is 23.9 Å². The van der Waals surface area contributed by atoms with Crippen molar-refractivity contribution < 1.29 is 0 Å². The van der Waals surface area contributed by atoms with Crippen molar-refractivity contribution in [1.29, 1.82) is 0 Å². The number of aryl methyl sites for hydroxylation is 1. The molecule has 0 radical (unpaired) electrons. The summed E-state index contributed by atoms with van der Waals surface area (Å²) in [5.41, 5.74) is 5.07. The standard InChI is InChI=1S/C16H22N4/c1-3-20(14-6-4-5-12(2)7-14)10-13-8-15-16(9-17-13)19-11-18-15/h4-7,11,13,17H,3,8-10H2,1-2H3,(H,18,19). The van der Waals surface area contributed by atoms with Gasteiger partial charge in [0, 0.05) is 37.8 Å². The van der Waals surface area contributed by atoms with E-state index in [0.717, 1.165) is 26.1 Å². The molecule has 1 aromatic carbocycles. The minimum absolute atomic E-state index is 0.464. The van der Waals surface area contributed by atoms with E-state index in [-0.39, 0.29) is 0 Å². The number of imidazole rings is 1. The highest BCUT2D eigenvalue weighted by molar-refractivity contribution is 5.48. The first-order valence-electron chi connectivity index (χ1n) is 7.32. The maximum Gasteiger partial charge on any atom is 0.0925 e. The Hall–Kier alpha value is -1.81. The zero-order valence-electron chi connectivity index (χ0n) is 12.2. The molecule has 0 aliphatic carbocycles. The molecule has 1 atom stereocenters. The number of hydrogen-bond acceptors (Lipinski definition) is 3. The number of nitrogens with one attached hydrogen (secondary N) is 2. The van der Waals surface area contributed by atoms with Crippen LogP contribution in [0.4, 0.5) is 5.69 Å². The molecule has 106 valence electrons. The van der Waals surface area contributed by atoms with Crippen LogP contribution in [0.3, 0.4) is 0 Å². The maximum absolute atomic E-state index is 4.41. The van der Waals surface area contributed by atoms with E-state index in [1.54, 1.807) is 6.33 Å². The van der Waals surface area contributed by atoms with E-state index >= 15 is 0 Å². The molecule has 0 saturated heterocycles. The Morgan fingerprint density at radius 2 is 2.30 bits per heavy atom. The first-order valence-corrected chi connectivity index (χ1v) is 7.32. The molecule has 2 heterocycles. The number of benzene rings is 1. The number of aromatic amines is 1. The third-order valence-corrected chi connectivity index (χ3v) is 4.00. The summed E-state index contributed by atoms with van der Waals surface area (Å²) in [5.74, 6) is 0. The van der Waals surface area contributed by atoms with Gasteiger partial charge in [-0.15, -0.1) is 0 Å². The lowest BCUT2D eigenvalue weighted by Crippen LogP contribution is -2.44. The minimum Gasteiger partial charge on any atom is -0.370 e. The summed E-state index contributed by atoms with van der Waals surface area (Å²) < 4.78 is 0. The molecule has 0 amide bonds. The summed E-state index contributed by atoms with van der Waals surface area (Å²) >= 11 is 0. The number of aromatic nitrogens is 2. The van der Waals surface area contributed by atoms with Crippen molar-refractivity contribution in [1.82, 2.24) is 15.3 Å². The Bertz CT molecular complexity index is 575. The fourth-order valence-electron chi connectivity index (χ4n) is 2.87. The molecule has 20 heavy (non-hydrogen) atoms. The zero-order valence-corrected chi connectivity index (χ0v) is 12.2. The highest BCUT2D eigenvalue weighted by atomic mass is 15.2. The van der Waals surface area contributed by atoms with Gasteiger partial charge in [0.15, 0.2) is 0 Å². The quantitative estimate of drug-likeness (QED) is 0.895. The second-order valence-electron chi connectivity index (χ2n) is 5.49. The third-order valence-electron chi connectivity index (χ3n) is 4.00. The summed E-state index contributed by atoms with van der Waals surface area (Å²) in [6, 6.07) is 9.19. The zero-order chi connectivity index (χ0) is 13.9. The van der Waals surface area contributed by atoms with Crippen LogP contribution in [0, 0.1) is 6.92 Å². The predicted octanol–water partition coefficient (Wildman–Crippen LogP) is 2.26. The summed E-state index contributed by atoms with van der Waals surface area (Å²) in [7, 11) is 0. The molecule has 4 heteroatoms. The van der Waals surface area contributed by atoms with E-state index in [4.69, 9.17) is 0 Å². The van der Waals surface area contributed by atoms with Crippen LogP contribution in [-0.2, 0) is 13.0 Å². The smallest absolute Gasteiger partial charge is 0.0925 e. The normalized spacial score (nSPS) is 17.8. The molecule has 0 fully saturated rings. The van der Waals surface area contributed by atoms with Gasteiger partial charge in [-0.2, -0.15) is 0 Å². The average Bonchev–Trinajstić information content (AvgIpc) is 2.92. The molecule has 1 aliphatic heterocycles. The molecule has 1 aromatic heterocycles. The second-order valence-corrected chi connectivity index (χ2v) is 5.49. The number of rotatable bonds is 4. The first kappa shape index (κ1) is 13.2. The van der Waals surface area contributed by atoms with Crippen LogP contribution in [0.25, 0.3) is 0 Å². The molecule has 0 saturated carbocycles. The van der Waals surface area contributed by atoms with E-state index in [9.17, 15) is 0 Å². The van der Waals surface area contributed by atoms with Gasteiger partial charge in [0.05, 0.1) is 17.7 Å². The van der Waals surface area contributed by atoms with Crippen molar-refractivity contribution >= 4 is 5.69 Å². The van der Waals surface area contributed by atoms with Crippen molar-refractivity contribution in [3.05, 3.63) is 47.5 Å². The molecule has 1 aliphatic rings. The SMILES string of the molecule is CCN(CC1Cc2nc[nH]c2CN1)c1cccc(C)c1. The fraction of sp³-hybridized carbons (Fsp3) is 0.438. The van der Waals surface area contributed by atoms with Crippen LogP contribution in [0.5, 0.6) is 0 Å². The van der Waals surface area contributed by atoms with E-state index in [1.807, 2.05) is 0 Å². The van der Waals surface area contributed by atoms with Crippen LogP contribution in [0.15, 0.2) is 30.6 Å². The molecular formula is C16H22N4. The average molecular weight is 270 g/mol. The van der Waals surface area contributed by atoms with Crippen LogP contribution in [0.2, 0.25) is 0 Å². The molecule has 0 spiro atoms. The van der Waals surface area contributed by atoms with Gasteiger partial charge in [-0.3, -0.25) is 0 Å². The summed E-state index contributed by atoms with van der Waals surface area (Å²) in [4.78, 5) is 10.0. The largest absolute Gasteiger partial charge is 0.370 e. The Morgan fingerprint density at radius 1 is 1.40 bits per heavy atom. The molecule has 4 nitrogen and oxygen atoms in total. The summed E-state index contributed by atoms with van der Waals surface area (Å²) in [6.45, 7) is 7.30. The molecule has 2 N–H and O–H groups in total. The monoisotopic (exact) mass is 270 g/mol. The van der Waals surface area contributed by atoms with Gasteiger partial charge in [0.2, 0.25) is 0 Å². The Kier molecular flexibility index (Phi) is 3.74. The molecule has 1 unspecified atom stereocenters. The predicted molar refractivity (Wildman–Crippen MR) is 82.0 cm³/mol. The summed E-state index contributed by atoms with van der Waals surface area (Å²) in [5, 5.41) is 3.60. The van der Waals surface area contributed by atoms with Gasteiger partial charge in [0.25, 0.3) is 0 Å². The van der Waals surface area contributed by atoms with Crippen LogP contribution < -0.4 is 10.2 Å². The lowest BCUT2D eigenvalue weighted by atomic mass is 10.0. The third kappa shape index (κ3) is 2.70. The number of fused-ring (bicyclic) bond motifs is 1. The number of hydrogen-bond donors (Lipinski definition) is 2. The van der Waals surface area contributed by atoms with Gasteiger partial charge in [-0.1, -0.05) is 12.1 Å². The summed E-state index contributed by atoms with van der Waals surface area (Å²) in [6.07, 6.45) is 2.80. The van der Waals surface area contributed by atoms with E-state index in [2.05, 4.69) is 58.3 Å². The van der Waals surface area contributed by atoms with E-state index in [0.29, 0.717) is 6.04 Å². The topological polar surface area (TPSA) is 44.0 Å². The van der Waals surface area contributed by atoms with Crippen molar-refractivity contribution in [2.45, 2.75) is 32.9 Å². The van der Waals surface area contributed by atoms with E-state index < -0.39 is 0 Å². The van der Waals surface area contributed by atoms with Crippen molar-refractivity contribution in [2.24, 2.45) is 0 Å². The first-order chi connectivity index (χ1) is 9.76. The van der Waals surface area contributed by atoms with Crippen molar-refractivity contribution in [3.8, 4) is 0 Å². The van der Waals surface area contributed by atoms with Crippen molar-refractivity contribution in [2.75, 3.05) is 18.0 Å². The molecule has 3 rings (SSSR count). The van der Waals surface area contributed by atoms with E-state index in [1.165, 1.54) is 22.6 Å². The Morgan fingerprint density at radius 3 is 3.10 bits per heavy atom. The number of likely N-dealkylation sites (N-methyl/N-ethyl adjacent to an activating group) is 1. The maximum atomic E-state index is 4.41. The van der Waals surface area contributed by atoms with Crippen LogP contribution in [-0.4, -0.2) is 29.1 Å². The Balaban J connectivity index is 1.70. The van der Waals surface area contributed by atoms with Gasteiger partial charge < -0.3 is 15.2 Å². The van der Waals surface area contributed by atoms with Gasteiger partial charge in [0.1, 0.15) is 0 Å². The molecule has 2 aromatic rings. The van der Waals surface area contributed by atoms with Crippen molar-refractivity contribution in [3.63, 3.8) is 0 Å².